The largest absolute Gasteiger partial charge is 0.496 e. The first-order valence-electron chi connectivity index (χ1n) is 4.00. The fraction of sp³-hybridized carbons (Fsp3) is 0.111. The van der Waals surface area contributed by atoms with E-state index in [0.29, 0.717) is 11.3 Å². The van der Waals surface area contributed by atoms with Crippen molar-refractivity contribution in [3.8, 4) is 17.2 Å². The maximum absolute atomic E-state index is 10.7. The first-order valence-corrected chi connectivity index (χ1v) is 4.00. The van der Waals surface area contributed by atoms with Gasteiger partial charge in [-0.15, -0.1) is 5.10 Å². The van der Waals surface area contributed by atoms with Crippen LogP contribution in [0.5, 0.6) is 5.75 Å². The van der Waals surface area contributed by atoms with Crippen molar-refractivity contribution in [2.45, 2.75) is 0 Å². The van der Waals surface area contributed by atoms with Gasteiger partial charge in [0.2, 0.25) is 0 Å². The molecule has 0 saturated heterocycles. The van der Waals surface area contributed by atoms with Gasteiger partial charge in [-0.05, 0) is 12.1 Å². The van der Waals surface area contributed by atoms with Gasteiger partial charge in [-0.2, -0.15) is 0 Å². The first-order chi connectivity index (χ1) is 6.81. The number of benzene rings is 1. The number of para-hydroxylation sites is 1. The van der Waals surface area contributed by atoms with Crippen LogP contribution >= 0.6 is 0 Å². The molecule has 0 aliphatic rings. The van der Waals surface area contributed by atoms with Gasteiger partial charge in [-0.3, -0.25) is 0 Å². The van der Waals surface area contributed by atoms with E-state index in [9.17, 15) is 4.79 Å². The fourth-order valence-electron chi connectivity index (χ4n) is 1.17. The summed E-state index contributed by atoms with van der Waals surface area (Å²) >= 11 is 0. The Morgan fingerprint density at radius 1 is 1.43 bits per heavy atom. The maximum atomic E-state index is 10.7. The molecule has 2 rings (SSSR count). The summed E-state index contributed by atoms with van der Waals surface area (Å²) in [5.41, 5.74) is 0.647. The van der Waals surface area contributed by atoms with Gasteiger partial charge in [0.15, 0.2) is 0 Å². The molecule has 5 nitrogen and oxygen atoms in total. The molecule has 5 heteroatoms. The zero-order chi connectivity index (χ0) is 9.97. The summed E-state index contributed by atoms with van der Waals surface area (Å²) < 4.78 is 9.90. The van der Waals surface area contributed by atoms with Crippen LogP contribution in [-0.2, 0) is 0 Å². The number of rotatable bonds is 2. The third-order valence-corrected chi connectivity index (χ3v) is 1.78. The molecule has 0 bridgehead atoms. The molecule has 2 aromatic rings. The minimum absolute atomic E-state index is 0.229. The smallest absolute Gasteiger partial charge is 0.434 e. The van der Waals surface area contributed by atoms with Gasteiger partial charge in [0.25, 0.3) is 5.89 Å². The Balaban J connectivity index is 2.55. The lowest BCUT2D eigenvalue weighted by atomic mass is 10.2. The molecular weight excluding hydrogens is 184 g/mol. The number of methoxy groups -OCH3 is 1. The van der Waals surface area contributed by atoms with E-state index in [1.807, 2.05) is 12.1 Å². The highest BCUT2D eigenvalue weighted by Gasteiger charge is 2.09. The van der Waals surface area contributed by atoms with Crippen LogP contribution in [0, 0.1) is 0 Å². The molecule has 1 aromatic carbocycles. The van der Waals surface area contributed by atoms with E-state index < -0.39 is 5.76 Å². The molecule has 0 spiro atoms. The van der Waals surface area contributed by atoms with Crippen LogP contribution in [0.15, 0.2) is 33.5 Å². The van der Waals surface area contributed by atoms with E-state index in [2.05, 4.69) is 10.2 Å². The average molecular weight is 192 g/mol. The highest BCUT2D eigenvalue weighted by Crippen LogP contribution is 2.26. The van der Waals surface area contributed by atoms with Crippen molar-refractivity contribution < 1.29 is 9.15 Å². The molecule has 0 aliphatic carbocycles. The summed E-state index contributed by atoms with van der Waals surface area (Å²) in [6, 6.07) is 7.17. The normalized spacial score (nSPS) is 10.1. The summed E-state index contributed by atoms with van der Waals surface area (Å²) in [5.74, 6) is 0.265. The molecule has 0 radical (unpaired) electrons. The standard InChI is InChI=1S/C9H8N2O3/c1-13-7-5-3-2-4-6(7)8-10-11-9(12)14-8/h2-5H,1H3,(H,11,12). The van der Waals surface area contributed by atoms with Gasteiger partial charge in [0, 0.05) is 0 Å². The van der Waals surface area contributed by atoms with Gasteiger partial charge < -0.3 is 9.15 Å². The van der Waals surface area contributed by atoms with Crippen LogP contribution in [0.2, 0.25) is 0 Å². The number of hydrogen-bond donors (Lipinski definition) is 1. The summed E-state index contributed by atoms with van der Waals surface area (Å²) in [4.78, 5) is 10.7. The Morgan fingerprint density at radius 2 is 2.21 bits per heavy atom. The van der Waals surface area contributed by atoms with Crippen LogP contribution in [0.4, 0.5) is 0 Å². The monoisotopic (exact) mass is 192 g/mol. The van der Waals surface area contributed by atoms with Crippen LogP contribution < -0.4 is 10.5 Å². The average Bonchev–Trinajstić information content (AvgIpc) is 2.65. The molecule has 14 heavy (non-hydrogen) atoms. The highest BCUT2D eigenvalue weighted by atomic mass is 16.5. The zero-order valence-electron chi connectivity index (χ0n) is 7.48. The van der Waals surface area contributed by atoms with E-state index in [1.54, 1.807) is 19.2 Å². The lowest BCUT2D eigenvalue weighted by molar-refractivity contribution is 0.413. The predicted molar refractivity (Wildman–Crippen MR) is 49.1 cm³/mol. The summed E-state index contributed by atoms with van der Waals surface area (Å²) in [7, 11) is 1.55. The van der Waals surface area contributed by atoms with Crippen molar-refractivity contribution in [2.75, 3.05) is 7.11 Å². The van der Waals surface area contributed by atoms with Gasteiger partial charge >= 0.3 is 5.76 Å². The number of hydrogen-bond acceptors (Lipinski definition) is 4. The number of H-pyrrole nitrogens is 1. The summed E-state index contributed by atoms with van der Waals surface area (Å²) in [6.45, 7) is 0. The Labute approximate surface area is 79.3 Å². The van der Waals surface area contributed by atoms with E-state index in [0.717, 1.165) is 0 Å². The molecule has 0 aliphatic heterocycles. The minimum Gasteiger partial charge on any atom is -0.496 e. The quantitative estimate of drug-likeness (QED) is 0.771. The van der Waals surface area contributed by atoms with E-state index >= 15 is 0 Å². The molecular formula is C9H8N2O3. The van der Waals surface area contributed by atoms with Crippen molar-refractivity contribution in [3.63, 3.8) is 0 Å². The predicted octanol–water partition coefficient (Wildman–Crippen LogP) is 1.04. The van der Waals surface area contributed by atoms with Crippen molar-refractivity contribution in [1.29, 1.82) is 0 Å². The van der Waals surface area contributed by atoms with Crippen molar-refractivity contribution >= 4 is 0 Å². The number of aromatic amines is 1. The zero-order valence-corrected chi connectivity index (χ0v) is 7.48. The molecule has 1 heterocycles. The van der Waals surface area contributed by atoms with E-state index in [-0.39, 0.29) is 5.89 Å². The van der Waals surface area contributed by atoms with Crippen LogP contribution in [0.25, 0.3) is 11.5 Å². The third kappa shape index (κ3) is 1.39. The molecule has 1 aromatic heterocycles. The number of aromatic nitrogens is 2. The van der Waals surface area contributed by atoms with Gasteiger partial charge in [0.1, 0.15) is 5.75 Å². The van der Waals surface area contributed by atoms with Crippen molar-refractivity contribution in [1.82, 2.24) is 10.2 Å². The second kappa shape index (κ2) is 3.37. The van der Waals surface area contributed by atoms with Crippen LogP contribution in [0.1, 0.15) is 0 Å². The summed E-state index contributed by atoms with van der Waals surface area (Å²) in [5, 5.41) is 5.90. The highest BCUT2D eigenvalue weighted by molar-refractivity contribution is 5.61. The molecule has 0 saturated carbocycles. The van der Waals surface area contributed by atoms with Crippen molar-refractivity contribution in [2.24, 2.45) is 0 Å². The Bertz CT molecular complexity index is 487. The third-order valence-electron chi connectivity index (χ3n) is 1.78. The Morgan fingerprint density at radius 3 is 2.86 bits per heavy atom. The lowest BCUT2D eigenvalue weighted by Crippen LogP contribution is -1.93. The maximum Gasteiger partial charge on any atom is 0.434 e. The van der Waals surface area contributed by atoms with E-state index in [4.69, 9.17) is 9.15 Å². The fourth-order valence-corrected chi connectivity index (χ4v) is 1.17. The van der Waals surface area contributed by atoms with Gasteiger partial charge in [-0.1, -0.05) is 12.1 Å². The van der Waals surface area contributed by atoms with Gasteiger partial charge in [-0.25, -0.2) is 9.89 Å². The Kier molecular flexibility index (Phi) is 2.06. The SMILES string of the molecule is COc1ccccc1-c1n[nH]c(=O)o1. The topological polar surface area (TPSA) is 68.1 Å². The van der Waals surface area contributed by atoms with Gasteiger partial charge in [0.05, 0.1) is 12.7 Å². The second-order valence-corrected chi connectivity index (χ2v) is 2.62. The molecule has 0 fully saturated rings. The summed E-state index contributed by atoms with van der Waals surface area (Å²) in [6.07, 6.45) is 0. The number of ether oxygens (including phenoxy) is 1. The first kappa shape index (κ1) is 8.55. The lowest BCUT2D eigenvalue weighted by Gasteiger charge is -2.02. The molecule has 1 N–H and O–H groups in total. The van der Waals surface area contributed by atoms with Crippen molar-refractivity contribution in [3.05, 3.63) is 34.8 Å². The molecule has 0 atom stereocenters. The van der Waals surface area contributed by atoms with E-state index in [1.165, 1.54) is 0 Å². The van der Waals surface area contributed by atoms with Crippen LogP contribution in [-0.4, -0.2) is 17.3 Å². The number of nitrogens with zero attached hydrogens (tertiary/aromatic N) is 1. The van der Waals surface area contributed by atoms with Crippen LogP contribution in [0.3, 0.4) is 0 Å². The Hall–Kier alpha value is -2.04. The molecule has 0 unspecified atom stereocenters. The second-order valence-electron chi connectivity index (χ2n) is 2.62. The molecule has 72 valence electrons. The molecule has 0 amide bonds. The minimum atomic E-state index is -0.578. The number of nitrogens with one attached hydrogen (secondary N) is 1.